The molecule has 8 aromatic carbocycles. The largest absolute Gasteiger partial charge is 0.456 e. The third-order valence-electron chi connectivity index (χ3n) is 10.3. The minimum atomic E-state index is 0.867. The normalized spacial score (nSPS) is 11.8. The number of fused-ring (bicyclic) bond motifs is 10. The van der Waals surface area contributed by atoms with Crippen molar-refractivity contribution in [3.8, 4) is 22.3 Å². The third kappa shape index (κ3) is 4.51. The summed E-state index contributed by atoms with van der Waals surface area (Å²) >= 11 is 1.81. The van der Waals surface area contributed by atoms with E-state index in [4.69, 9.17) is 8.83 Å². The second-order valence-electron chi connectivity index (χ2n) is 13.3. The molecule has 11 rings (SSSR count). The van der Waals surface area contributed by atoms with Crippen LogP contribution in [-0.2, 0) is 0 Å². The highest BCUT2D eigenvalue weighted by molar-refractivity contribution is 7.26. The molecular formula is C48H29NO2S. The number of hydrogen-bond donors (Lipinski definition) is 0. The van der Waals surface area contributed by atoms with E-state index in [0.29, 0.717) is 0 Å². The molecule has 0 fully saturated rings. The topological polar surface area (TPSA) is 29.5 Å². The van der Waals surface area contributed by atoms with E-state index in [-0.39, 0.29) is 0 Å². The number of para-hydroxylation sites is 2. The number of nitrogens with zero attached hydrogens (tertiary/aromatic N) is 1. The zero-order valence-electron chi connectivity index (χ0n) is 27.9. The van der Waals surface area contributed by atoms with Crippen LogP contribution >= 0.6 is 11.3 Å². The Hall–Kier alpha value is -6.62. The lowest BCUT2D eigenvalue weighted by Crippen LogP contribution is -2.10. The predicted molar refractivity (Wildman–Crippen MR) is 219 cm³/mol. The van der Waals surface area contributed by atoms with Crippen LogP contribution in [0.1, 0.15) is 0 Å². The first-order valence-corrected chi connectivity index (χ1v) is 18.3. The summed E-state index contributed by atoms with van der Waals surface area (Å²) in [5, 5.41) is 6.92. The molecule has 0 aliphatic heterocycles. The number of thiophene rings is 1. The molecule has 0 unspecified atom stereocenters. The van der Waals surface area contributed by atoms with Gasteiger partial charge in [0.05, 0.1) is 5.69 Å². The zero-order valence-corrected chi connectivity index (χ0v) is 28.7. The highest BCUT2D eigenvalue weighted by atomic mass is 32.1. The monoisotopic (exact) mass is 683 g/mol. The first-order chi connectivity index (χ1) is 25.8. The summed E-state index contributed by atoms with van der Waals surface area (Å²) < 4.78 is 15.7. The Bertz CT molecular complexity index is 3110. The van der Waals surface area contributed by atoms with E-state index in [0.717, 1.165) is 72.1 Å². The van der Waals surface area contributed by atoms with Crippen molar-refractivity contribution >= 4 is 92.4 Å². The van der Waals surface area contributed by atoms with Crippen molar-refractivity contribution in [1.82, 2.24) is 0 Å². The predicted octanol–water partition coefficient (Wildman–Crippen LogP) is 14.7. The number of rotatable bonds is 5. The lowest BCUT2D eigenvalue weighted by Gasteiger charge is -2.26. The van der Waals surface area contributed by atoms with E-state index in [1.54, 1.807) is 0 Å². The smallest absolute Gasteiger partial charge is 0.159 e. The van der Waals surface area contributed by atoms with Crippen molar-refractivity contribution < 1.29 is 8.83 Å². The Morgan fingerprint density at radius 2 is 0.962 bits per heavy atom. The maximum atomic E-state index is 6.99. The van der Waals surface area contributed by atoms with E-state index >= 15 is 0 Å². The van der Waals surface area contributed by atoms with E-state index in [2.05, 4.69) is 169 Å². The Labute approximate surface area is 303 Å². The molecule has 52 heavy (non-hydrogen) atoms. The SMILES string of the molecule is c1ccc(-c2ccc(N(c3ccc(-c4ccc5c(c4)oc4ccccc45)cc3)c3cccc4c3oc3c4ccc4sc5ccccc5c43)cc2)cc1. The van der Waals surface area contributed by atoms with E-state index in [9.17, 15) is 0 Å². The van der Waals surface area contributed by atoms with Gasteiger partial charge in [0.2, 0.25) is 0 Å². The van der Waals surface area contributed by atoms with Crippen LogP contribution in [0.3, 0.4) is 0 Å². The fourth-order valence-electron chi connectivity index (χ4n) is 7.79. The molecule has 0 saturated carbocycles. The van der Waals surface area contributed by atoms with Crippen LogP contribution in [0.2, 0.25) is 0 Å². The van der Waals surface area contributed by atoms with Crippen LogP contribution in [0.15, 0.2) is 185 Å². The average Bonchev–Trinajstić information content (AvgIpc) is 3.90. The molecule has 0 aliphatic carbocycles. The van der Waals surface area contributed by atoms with E-state index in [1.807, 2.05) is 23.5 Å². The van der Waals surface area contributed by atoms with Crippen LogP contribution in [-0.4, -0.2) is 0 Å². The molecule has 0 amide bonds. The van der Waals surface area contributed by atoms with Gasteiger partial charge in [-0.1, -0.05) is 109 Å². The number of hydrogen-bond acceptors (Lipinski definition) is 4. The maximum absolute atomic E-state index is 6.99. The summed E-state index contributed by atoms with van der Waals surface area (Å²) in [4.78, 5) is 2.31. The van der Waals surface area contributed by atoms with Gasteiger partial charge in [-0.05, 0) is 89.0 Å². The molecule has 0 radical (unpaired) electrons. The van der Waals surface area contributed by atoms with Gasteiger partial charge in [-0.15, -0.1) is 11.3 Å². The van der Waals surface area contributed by atoms with Gasteiger partial charge in [0.1, 0.15) is 16.7 Å². The van der Waals surface area contributed by atoms with Crippen molar-refractivity contribution in [3.05, 3.63) is 176 Å². The van der Waals surface area contributed by atoms with Crippen LogP contribution in [0.5, 0.6) is 0 Å². The molecular weight excluding hydrogens is 655 g/mol. The van der Waals surface area contributed by atoms with E-state index < -0.39 is 0 Å². The van der Waals surface area contributed by atoms with Crippen molar-refractivity contribution in [2.24, 2.45) is 0 Å². The molecule has 3 aromatic heterocycles. The first kappa shape index (κ1) is 29.1. The lowest BCUT2D eigenvalue weighted by molar-refractivity contribution is 0.669. The zero-order chi connectivity index (χ0) is 34.2. The number of furan rings is 2. The third-order valence-corrected chi connectivity index (χ3v) is 11.4. The van der Waals surface area contributed by atoms with Crippen molar-refractivity contribution in [2.45, 2.75) is 0 Å². The summed E-state index contributed by atoms with van der Waals surface area (Å²) in [6.45, 7) is 0. The highest BCUT2D eigenvalue weighted by Gasteiger charge is 2.21. The summed E-state index contributed by atoms with van der Waals surface area (Å²) in [6, 6.07) is 62.4. The first-order valence-electron chi connectivity index (χ1n) is 17.5. The second-order valence-corrected chi connectivity index (χ2v) is 14.4. The standard InChI is InChI=1S/C48H29NO2S/c1-2-9-30(10-3-1)31-17-22-34(23-18-31)49(35-24-19-32(20-25-35)33-21-26-37-36-11-4-6-15-42(36)50-43(37)29-33)41-14-8-13-38-39-27-28-45-46(48(39)51-47(38)41)40-12-5-7-16-44(40)52-45/h1-29H. The second kappa shape index (κ2) is 11.5. The van der Waals surface area contributed by atoms with Gasteiger partial charge in [-0.2, -0.15) is 0 Å². The molecule has 0 bridgehead atoms. The summed E-state index contributed by atoms with van der Waals surface area (Å²) in [5.74, 6) is 0. The van der Waals surface area contributed by atoms with Crippen LogP contribution in [0.25, 0.3) is 86.3 Å². The summed E-state index contributed by atoms with van der Waals surface area (Å²) in [6.07, 6.45) is 0. The van der Waals surface area contributed by atoms with Crippen LogP contribution in [0, 0.1) is 0 Å². The van der Waals surface area contributed by atoms with Gasteiger partial charge < -0.3 is 13.7 Å². The maximum Gasteiger partial charge on any atom is 0.159 e. The Balaban J connectivity index is 1.08. The van der Waals surface area contributed by atoms with E-state index in [1.165, 1.54) is 31.3 Å². The van der Waals surface area contributed by atoms with Crippen molar-refractivity contribution in [3.63, 3.8) is 0 Å². The molecule has 3 nitrogen and oxygen atoms in total. The number of anilines is 3. The Morgan fingerprint density at radius 1 is 0.365 bits per heavy atom. The molecule has 0 spiro atoms. The van der Waals surface area contributed by atoms with Crippen molar-refractivity contribution in [2.75, 3.05) is 4.90 Å². The van der Waals surface area contributed by atoms with Crippen LogP contribution in [0.4, 0.5) is 17.1 Å². The minimum absolute atomic E-state index is 0.867. The van der Waals surface area contributed by atoms with Gasteiger partial charge in [0, 0.05) is 53.1 Å². The molecule has 0 aliphatic rings. The van der Waals surface area contributed by atoms with Gasteiger partial charge in [-0.3, -0.25) is 0 Å². The quantitative estimate of drug-likeness (QED) is 0.181. The molecule has 0 saturated heterocycles. The molecule has 0 atom stereocenters. The highest BCUT2D eigenvalue weighted by Crippen LogP contribution is 2.46. The molecule has 4 heteroatoms. The van der Waals surface area contributed by atoms with Crippen molar-refractivity contribution in [1.29, 1.82) is 0 Å². The number of benzene rings is 8. The fraction of sp³-hybridized carbons (Fsp3) is 0. The average molecular weight is 684 g/mol. The van der Waals surface area contributed by atoms with Gasteiger partial charge in [-0.25, -0.2) is 0 Å². The van der Waals surface area contributed by atoms with Gasteiger partial charge >= 0.3 is 0 Å². The van der Waals surface area contributed by atoms with Gasteiger partial charge in [0.15, 0.2) is 5.58 Å². The van der Waals surface area contributed by atoms with Gasteiger partial charge in [0.25, 0.3) is 0 Å². The minimum Gasteiger partial charge on any atom is -0.456 e. The van der Waals surface area contributed by atoms with Crippen LogP contribution < -0.4 is 4.90 Å². The molecule has 3 heterocycles. The molecule has 244 valence electrons. The lowest BCUT2D eigenvalue weighted by atomic mass is 10.0. The Morgan fingerprint density at radius 3 is 1.77 bits per heavy atom. The molecule has 0 N–H and O–H groups in total. The fourth-order valence-corrected chi connectivity index (χ4v) is 8.90. The summed E-state index contributed by atoms with van der Waals surface area (Å²) in [5.41, 5.74) is 11.3. The summed E-state index contributed by atoms with van der Waals surface area (Å²) in [7, 11) is 0. The molecule has 11 aromatic rings. The Kier molecular flexibility index (Phi) is 6.42.